The van der Waals surface area contributed by atoms with E-state index in [2.05, 4.69) is 47.7 Å². The van der Waals surface area contributed by atoms with Crippen molar-refractivity contribution in [3.63, 3.8) is 0 Å². The Morgan fingerprint density at radius 2 is 2.11 bits per heavy atom. The third-order valence-electron chi connectivity index (χ3n) is 5.33. The third-order valence-corrected chi connectivity index (χ3v) is 5.33. The molecule has 3 N–H and O–H groups in total. The van der Waals surface area contributed by atoms with E-state index in [9.17, 15) is 9.59 Å². The van der Waals surface area contributed by atoms with Gasteiger partial charge in [0.15, 0.2) is 0 Å². The normalized spacial score (nSPS) is 15.9. The molecule has 1 amide bonds. The number of amides is 1. The van der Waals surface area contributed by atoms with Crippen molar-refractivity contribution < 1.29 is 9.53 Å². The van der Waals surface area contributed by atoms with Gasteiger partial charge in [0.25, 0.3) is 11.5 Å². The van der Waals surface area contributed by atoms with Gasteiger partial charge in [-0.3, -0.25) is 9.59 Å². The Balaban J connectivity index is 1.79. The van der Waals surface area contributed by atoms with Gasteiger partial charge in [-0.15, -0.1) is 0 Å². The summed E-state index contributed by atoms with van der Waals surface area (Å²) in [5.41, 5.74) is 5.56. The maximum absolute atomic E-state index is 12.4. The van der Waals surface area contributed by atoms with Crippen LogP contribution in [-0.4, -0.2) is 31.2 Å². The van der Waals surface area contributed by atoms with Crippen molar-refractivity contribution in [2.24, 2.45) is 0 Å². The molecule has 0 bridgehead atoms. The number of methoxy groups -OCH3 is 1. The SMILES string of the molecule is COCCNC(=O)c1cc2c([nH]c1=O)CCCC2NCc1cc(C)ccc1C. The fourth-order valence-electron chi connectivity index (χ4n) is 3.71. The van der Waals surface area contributed by atoms with E-state index in [0.29, 0.717) is 13.2 Å². The minimum Gasteiger partial charge on any atom is -0.383 e. The van der Waals surface area contributed by atoms with Crippen LogP contribution in [0, 0.1) is 13.8 Å². The number of ether oxygens (including phenoxy) is 1. The van der Waals surface area contributed by atoms with Crippen LogP contribution in [0.1, 0.15) is 57.2 Å². The summed E-state index contributed by atoms with van der Waals surface area (Å²) in [5.74, 6) is -0.361. The molecule has 150 valence electrons. The molecular formula is C22H29N3O3. The maximum atomic E-state index is 12.4. The van der Waals surface area contributed by atoms with Gasteiger partial charge in [-0.1, -0.05) is 23.8 Å². The first kappa shape index (κ1) is 20.3. The van der Waals surface area contributed by atoms with Crippen molar-refractivity contribution in [2.45, 2.75) is 45.7 Å². The molecule has 6 heteroatoms. The summed E-state index contributed by atoms with van der Waals surface area (Å²) < 4.78 is 4.95. The summed E-state index contributed by atoms with van der Waals surface area (Å²) in [6.07, 6.45) is 2.82. The van der Waals surface area contributed by atoms with Gasteiger partial charge in [0, 0.05) is 31.9 Å². The van der Waals surface area contributed by atoms with Crippen molar-refractivity contribution in [2.75, 3.05) is 20.3 Å². The molecule has 0 aliphatic heterocycles. The molecule has 28 heavy (non-hydrogen) atoms. The van der Waals surface area contributed by atoms with E-state index in [1.165, 1.54) is 16.7 Å². The fourth-order valence-corrected chi connectivity index (χ4v) is 3.71. The van der Waals surface area contributed by atoms with Gasteiger partial charge in [0.05, 0.1) is 6.61 Å². The smallest absolute Gasteiger partial charge is 0.261 e. The van der Waals surface area contributed by atoms with E-state index < -0.39 is 0 Å². The zero-order valence-corrected chi connectivity index (χ0v) is 16.9. The van der Waals surface area contributed by atoms with Crippen molar-refractivity contribution in [1.82, 2.24) is 15.6 Å². The second-order valence-corrected chi connectivity index (χ2v) is 7.45. The molecule has 3 rings (SSSR count). The van der Waals surface area contributed by atoms with Crippen molar-refractivity contribution in [3.8, 4) is 0 Å². The predicted octanol–water partition coefficient (Wildman–Crippen LogP) is 2.54. The summed E-state index contributed by atoms with van der Waals surface area (Å²) in [4.78, 5) is 27.7. The number of fused-ring (bicyclic) bond motifs is 1. The van der Waals surface area contributed by atoms with Crippen molar-refractivity contribution in [3.05, 3.63) is 68.1 Å². The lowest BCUT2D eigenvalue weighted by molar-refractivity contribution is 0.0935. The zero-order valence-electron chi connectivity index (χ0n) is 16.9. The second kappa shape index (κ2) is 9.17. The highest BCUT2D eigenvalue weighted by Crippen LogP contribution is 2.29. The number of rotatable bonds is 7. The number of carbonyl (C=O) groups excluding carboxylic acids is 1. The first-order valence-electron chi connectivity index (χ1n) is 9.82. The van der Waals surface area contributed by atoms with Crippen LogP contribution in [0.5, 0.6) is 0 Å². The third kappa shape index (κ3) is 4.69. The molecule has 0 fully saturated rings. The molecule has 1 aromatic heterocycles. The highest BCUT2D eigenvalue weighted by Gasteiger charge is 2.24. The number of aromatic nitrogens is 1. The molecule has 1 aromatic carbocycles. The average Bonchev–Trinajstić information content (AvgIpc) is 2.68. The molecular weight excluding hydrogens is 354 g/mol. The minimum atomic E-state index is -0.361. The molecule has 2 aromatic rings. The van der Waals surface area contributed by atoms with Gasteiger partial charge in [0.2, 0.25) is 0 Å². The van der Waals surface area contributed by atoms with Gasteiger partial charge >= 0.3 is 0 Å². The van der Waals surface area contributed by atoms with Crippen molar-refractivity contribution >= 4 is 5.91 Å². The molecule has 6 nitrogen and oxygen atoms in total. The highest BCUT2D eigenvalue weighted by atomic mass is 16.5. The Bertz CT molecular complexity index is 904. The van der Waals surface area contributed by atoms with Crippen LogP contribution in [0.4, 0.5) is 0 Å². The van der Waals surface area contributed by atoms with E-state index in [4.69, 9.17) is 4.74 Å². The lowest BCUT2D eigenvalue weighted by Crippen LogP contribution is -2.34. The average molecular weight is 383 g/mol. The van der Waals surface area contributed by atoms with Crippen LogP contribution in [0.15, 0.2) is 29.1 Å². The van der Waals surface area contributed by atoms with Crippen LogP contribution >= 0.6 is 0 Å². The fraction of sp³-hybridized carbons (Fsp3) is 0.455. The highest BCUT2D eigenvalue weighted by molar-refractivity contribution is 5.94. The molecule has 0 spiro atoms. The number of H-pyrrole nitrogens is 1. The van der Waals surface area contributed by atoms with Gasteiger partial charge < -0.3 is 20.4 Å². The second-order valence-electron chi connectivity index (χ2n) is 7.45. The van der Waals surface area contributed by atoms with Crippen LogP contribution in [0.25, 0.3) is 0 Å². The molecule has 0 radical (unpaired) electrons. The Morgan fingerprint density at radius 1 is 1.29 bits per heavy atom. The monoisotopic (exact) mass is 383 g/mol. The summed E-state index contributed by atoms with van der Waals surface area (Å²) in [6, 6.07) is 8.34. The number of carbonyl (C=O) groups is 1. The Labute approximate surface area is 165 Å². The molecule has 1 aliphatic rings. The topological polar surface area (TPSA) is 83.2 Å². The van der Waals surface area contributed by atoms with Gasteiger partial charge in [-0.25, -0.2) is 0 Å². The Morgan fingerprint density at radius 3 is 2.89 bits per heavy atom. The van der Waals surface area contributed by atoms with Gasteiger partial charge in [-0.05, 0) is 55.9 Å². The van der Waals surface area contributed by atoms with E-state index in [1.54, 1.807) is 13.2 Å². The quantitative estimate of drug-likeness (QED) is 0.642. The number of hydrogen-bond donors (Lipinski definition) is 3. The summed E-state index contributed by atoms with van der Waals surface area (Å²) in [7, 11) is 1.57. The lowest BCUT2D eigenvalue weighted by Gasteiger charge is -2.27. The minimum absolute atomic E-state index is 0.117. The standard InChI is InChI=1S/C22H29N3O3/c1-14-7-8-15(2)16(11-14)13-24-19-5-4-6-20-17(19)12-18(22(27)25-20)21(26)23-9-10-28-3/h7-8,11-12,19,24H,4-6,9-10,13H2,1-3H3,(H,23,26)(H,25,27). The zero-order chi connectivity index (χ0) is 20.1. The summed E-state index contributed by atoms with van der Waals surface area (Å²) in [5, 5.41) is 6.36. The largest absolute Gasteiger partial charge is 0.383 e. The molecule has 1 unspecified atom stereocenters. The molecule has 0 saturated carbocycles. The molecule has 1 heterocycles. The van der Waals surface area contributed by atoms with E-state index in [0.717, 1.165) is 37.1 Å². The first-order chi connectivity index (χ1) is 13.5. The van der Waals surface area contributed by atoms with Crippen LogP contribution in [0.2, 0.25) is 0 Å². The lowest BCUT2D eigenvalue weighted by atomic mass is 9.90. The Kier molecular flexibility index (Phi) is 6.65. The Hall–Kier alpha value is -2.44. The molecule has 1 atom stereocenters. The van der Waals surface area contributed by atoms with Crippen LogP contribution < -0.4 is 16.2 Å². The van der Waals surface area contributed by atoms with Gasteiger partial charge in [-0.2, -0.15) is 0 Å². The molecule has 1 aliphatic carbocycles. The first-order valence-corrected chi connectivity index (χ1v) is 9.82. The number of pyridine rings is 1. The van der Waals surface area contributed by atoms with Crippen molar-refractivity contribution in [1.29, 1.82) is 0 Å². The van der Waals surface area contributed by atoms with E-state index >= 15 is 0 Å². The van der Waals surface area contributed by atoms with Gasteiger partial charge in [0.1, 0.15) is 5.56 Å². The van der Waals surface area contributed by atoms with Crippen LogP contribution in [0.3, 0.4) is 0 Å². The number of hydrogen-bond acceptors (Lipinski definition) is 4. The predicted molar refractivity (Wildman–Crippen MR) is 110 cm³/mol. The number of benzene rings is 1. The summed E-state index contributed by atoms with van der Waals surface area (Å²) in [6.45, 7) is 5.75. The van der Waals surface area contributed by atoms with Crippen LogP contribution in [-0.2, 0) is 17.7 Å². The maximum Gasteiger partial charge on any atom is 0.261 e. The van der Waals surface area contributed by atoms with E-state index in [1.807, 2.05) is 0 Å². The number of aromatic amines is 1. The molecule has 0 saturated heterocycles. The van der Waals surface area contributed by atoms with E-state index in [-0.39, 0.29) is 23.1 Å². The number of aryl methyl sites for hydroxylation is 3. The number of nitrogens with one attached hydrogen (secondary N) is 3. The summed E-state index contributed by atoms with van der Waals surface area (Å²) >= 11 is 0.